The Hall–Kier alpha value is -3.41. The third kappa shape index (κ3) is 3.44. The Labute approximate surface area is 202 Å². The molecule has 0 bridgehead atoms. The number of hydrogen-bond donors (Lipinski definition) is 1. The molecule has 6 rings (SSSR count). The number of benzene rings is 1. The van der Waals surface area contributed by atoms with Crippen LogP contribution in [0, 0.1) is 24.7 Å². The lowest BCUT2D eigenvalue weighted by atomic mass is 9.73. The van der Waals surface area contributed by atoms with Crippen molar-refractivity contribution in [2.75, 3.05) is 18.0 Å². The zero-order valence-electron chi connectivity index (χ0n) is 19.0. The maximum atomic E-state index is 6.81. The van der Waals surface area contributed by atoms with Crippen molar-refractivity contribution in [2.24, 2.45) is 11.1 Å². The molecule has 1 aliphatic carbocycles. The highest BCUT2D eigenvalue weighted by molar-refractivity contribution is 7.99. The Kier molecular flexibility index (Phi) is 5.05. The molecule has 0 amide bonds. The van der Waals surface area contributed by atoms with E-state index < -0.39 is 0 Å². The van der Waals surface area contributed by atoms with Crippen molar-refractivity contribution < 1.29 is 0 Å². The first-order valence-electron chi connectivity index (χ1n) is 11.5. The number of piperidine rings is 1. The van der Waals surface area contributed by atoms with Crippen LogP contribution in [0.5, 0.6) is 0 Å². The quantitative estimate of drug-likeness (QED) is 0.362. The van der Waals surface area contributed by atoms with Gasteiger partial charge in [0.15, 0.2) is 5.82 Å². The molecule has 2 N–H and O–H groups in total. The molecule has 1 aromatic carbocycles. The molecule has 1 spiro atoms. The summed E-state index contributed by atoms with van der Waals surface area (Å²) in [5.41, 5.74) is 11.4. The molecule has 8 heteroatoms. The average Bonchev–Trinajstić information content (AvgIpc) is 3.44. The number of nitrogens with zero attached hydrogens (tertiary/aromatic N) is 6. The minimum Gasteiger partial charge on any atom is -0.355 e. The molecule has 170 valence electrons. The van der Waals surface area contributed by atoms with Gasteiger partial charge >= 0.3 is 0 Å². The summed E-state index contributed by atoms with van der Waals surface area (Å²) in [5.74, 6) is 4.46. The van der Waals surface area contributed by atoms with Gasteiger partial charge in [-0.2, -0.15) is 5.10 Å². The highest BCUT2D eigenvalue weighted by Gasteiger charge is 2.46. The maximum absolute atomic E-state index is 6.81. The van der Waals surface area contributed by atoms with E-state index in [1.807, 2.05) is 42.0 Å². The minimum atomic E-state index is 0.0241. The van der Waals surface area contributed by atoms with Crippen LogP contribution < -0.4 is 10.6 Å². The fourth-order valence-corrected chi connectivity index (χ4v) is 6.26. The van der Waals surface area contributed by atoms with E-state index in [1.54, 1.807) is 18.0 Å². The Morgan fingerprint density at radius 1 is 1.15 bits per heavy atom. The molecule has 1 atom stereocenters. The van der Waals surface area contributed by atoms with Crippen LogP contribution in [-0.4, -0.2) is 37.7 Å². The van der Waals surface area contributed by atoms with E-state index in [4.69, 9.17) is 17.1 Å². The van der Waals surface area contributed by atoms with E-state index in [9.17, 15) is 0 Å². The second kappa shape index (κ2) is 8.12. The SMILES string of the molecule is C#Cc1ccc2c(c1)[C@@H](N)C1(CCN(c3ncc(Sc4ccnc(C)n4)n4nccc34)CC1)C2. The fourth-order valence-electron chi connectivity index (χ4n) is 5.40. The number of terminal acetylenes is 1. The van der Waals surface area contributed by atoms with E-state index in [0.717, 1.165) is 65.1 Å². The van der Waals surface area contributed by atoms with Crippen molar-refractivity contribution in [3.63, 3.8) is 0 Å². The highest BCUT2D eigenvalue weighted by Crippen LogP contribution is 2.51. The molecule has 2 aliphatic rings. The van der Waals surface area contributed by atoms with Crippen LogP contribution in [0.1, 0.15) is 41.4 Å². The summed E-state index contributed by atoms with van der Waals surface area (Å²) >= 11 is 1.54. The molecular formula is C26H25N7S. The molecule has 0 unspecified atom stereocenters. The Bertz CT molecular complexity index is 1430. The van der Waals surface area contributed by atoms with Gasteiger partial charge < -0.3 is 10.6 Å². The van der Waals surface area contributed by atoms with Gasteiger partial charge in [0, 0.05) is 30.9 Å². The Balaban J connectivity index is 1.24. The van der Waals surface area contributed by atoms with E-state index in [0.29, 0.717) is 0 Å². The van der Waals surface area contributed by atoms with Crippen molar-refractivity contribution in [3.8, 4) is 12.3 Å². The van der Waals surface area contributed by atoms with Gasteiger partial charge in [-0.15, -0.1) is 6.42 Å². The summed E-state index contributed by atoms with van der Waals surface area (Å²) < 4.78 is 1.95. The van der Waals surface area contributed by atoms with E-state index in [2.05, 4.69) is 38.0 Å². The standard InChI is InChI=1S/C26H25N7S/c1-3-18-4-5-19-15-26(24(27)20(19)14-18)8-12-32(13-9-26)25-21-6-11-30-33(21)23(16-29-25)34-22-7-10-28-17(2)31-22/h1,4-7,10-11,14,16,24H,8-9,12-13,15,27H2,2H3/t24-/m1/s1. The zero-order valence-corrected chi connectivity index (χ0v) is 19.8. The van der Waals surface area contributed by atoms with Gasteiger partial charge in [-0.1, -0.05) is 12.0 Å². The molecule has 0 radical (unpaired) electrons. The van der Waals surface area contributed by atoms with Crippen LogP contribution in [0.3, 0.4) is 0 Å². The van der Waals surface area contributed by atoms with Crippen LogP contribution >= 0.6 is 11.8 Å². The fraction of sp³-hybridized carbons (Fsp3) is 0.308. The van der Waals surface area contributed by atoms with Crippen LogP contribution in [0.15, 0.2) is 59.0 Å². The number of aryl methyl sites for hydroxylation is 1. The van der Waals surface area contributed by atoms with Crippen molar-refractivity contribution >= 4 is 23.1 Å². The largest absolute Gasteiger partial charge is 0.355 e. The molecule has 4 heterocycles. The second-order valence-corrected chi connectivity index (χ2v) is 10.2. The van der Waals surface area contributed by atoms with Gasteiger partial charge in [0.1, 0.15) is 21.4 Å². The van der Waals surface area contributed by atoms with Crippen LogP contribution in [0.4, 0.5) is 5.82 Å². The zero-order chi connectivity index (χ0) is 23.3. The molecule has 7 nitrogen and oxygen atoms in total. The summed E-state index contributed by atoms with van der Waals surface area (Å²) in [6.07, 6.45) is 14.2. The van der Waals surface area contributed by atoms with Crippen LogP contribution in [-0.2, 0) is 6.42 Å². The molecule has 1 aliphatic heterocycles. The normalized spacial score (nSPS) is 18.9. The van der Waals surface area contributed by atoms with Crippen LogP contribution in [0.25, 0.3) is 5.52 Å². The van der Waals surface area contributed by atoms with Gasteiger partial charge in [0.25, 0.3) is 0 Å². The van der Waals surface area contributed by atoms with Gasteiger partial charge in [-0.05, 0) is 78.8 Å². The van der Waals surface area contributed by atoms with Crippen molar-refractivity contribution in [3.05, 3.63) is 71.4 Å². The lowest BCUT2D eigenvalue weighted by Gasteiger charge is -2.42. The summed E-state index contributed by atoms with van der Waals surface area (Å²) in [4.78, 5) is 15.9. The number of hydrogen-bond acceptors (Lipinski definition) is 7. The van der Waals surface area contributed by atoms with E-state index >= 15 is 0 Å². The number of rotatable bonds is 3. The summed E-state index contributed by atoms with van der Waals surface area (Å²) in [7, 11) is 0. The molecule has 4 aromatic rings. The number of aromatic nitrogens is 5. The maximum Gasteiger partial charge on any atom is 0.154 e. The number of nitrogens with two attached hydrogens (primary N) is 1. The molecule has 1 fully saturated rings. The van der Waals surface area contributed by atoms with Gasteiger partial charge in [-0.3, -0.25) is 0 Å². The Morgan fingerprint density at radius 3 is 2.79 bits per heavy atom. The van der Waals surface area contributed by atoms with E-state index in [-0.39, 0.29) is 11.5 Å². The van der Waals surface area contributed by atoms with Gasteiger partial charge in [-0.25, -0.2) is 19.5 Å². The second-order valence-electron chi connectivity index (χ2n) is 9.15. The topological polar surface area (TPSA) is 85.2 Å². The molecule has 1 saturated heterocycles. The lowest BCUT2D eigenvalue weighted by molar-refractivity contribution is 0.187. The summed E-state index contributed by atoms with van der Waals surface area (Å²) in [5, 5.41) is 6.37. The van der Waals surface area contributed by atoms with Crippen molar-refractivity contribution in [1.82, 2.24) is 24.6 Å². The third-order valence-electron chi connectivity index (χ3n) is 7.25. The molecule has 3 aromatic heterocycles. The number of anilines is 1. The first kappa shape index (κ1) is 21.1. The predicted molar refractivity (Wildman–Crippen MR) is 133 cm³/mol. The summed E-state index contributed by atoms with van der Waals surface area (Å²) in [6.45, 7) is 3.71. The van der Waals surface area contributed by atoms with Gasteiger partial charge in [0.05, 0.1) is 12.4 Å². The third-order valence-corrected chi connectivity index (χ3v) is 8.17. The van der Waals surface area contributed by atoms with Crippen LogP contribution in [0.2, 0.25) is 0 Å². The van der Waals surface area contributed by atoms with E-state index in [1.165, 1.54) is 11.1 Å². The summed E-state index contributed by atoms with van der Waals surface area (Å²) in [6, 6.07) is 10.3. The minimum absolute atomic E-state index is 0.0241. The first-order chi connectivity index (χ1) is 16.6. The van der Waals surface area contributed by atoms with Crippen molar-refractivity contribution in [2.45, 2.75) is 42.3 Å². The lowest BCUT2D eigenvalue weighted by Crippen LogP contribution is -2.44. The average molecular weight is 468 g/mol. The molecular weight excluding hydrogens is 442 g/mol. The van der Waals surface area contributed by atoms with Crippen molar-refractivity contribution in [1.29, 1.82) is 0 Å². The molecule has 34 heavy (non-hydrogen) atoms. The smallest absolute Gasteiger partial charge is 0.154 e. The monoisotopic (exact) mass is 467 g/mol. The number of fused-ring (bicyclic) bond motifs is 2. The first-order valence-corrected chi connectivity index (χ1v) is 12.3. The predicted octanol–water partition coefficient (Wildman–Crippen LogP) is 3.80. The molecule has 0 saturated carbocycles. The highest BCUT2D eigenvalue weighted by atomic mass is 32.2. The van der Waals surface area contributed by atoms with Gasteiger partial charge in [0.2, 0.25) is 0 Å². The Morgan fingerprint density at radius 2 is 2.00 bits per heavy atom.